The molecule has 96 valence electrons. The monoisotopic (exact) mass is 288 g/mol. The number of halogens is 3. The van der Waals surface area contributed by atoms with Crippen LogP contribution in [0.5, 0.6) is 0 Å². The van der Waals surface area contributed by atoms with E-state index < -0.39 is 11.6 Å². The number of aromatic nitrogens is 1. The Morgan fingerprint density at radius 3 is 2.50 bits per heavy atom. The van der Waals surface area contributed by atoms with Crippen molar-refractivity contribution in [2.45, 2.75) is 12.4 Å². The Hall–Kier alpha value is -1.20. The van der Waals surface area contributed by atoms with Gasteiger partial charge in [0.15, 0.2) is 0 Å². The molecule has 0 saturated carbocycles. The standard InChI is InChI=1S/C12H11ClF2N2S/c1-17(5-9-6-18-7-16-9)12-10(14)2-8(4-13)3-11(12)15/h2-3,6-7H,4-5H2,1H3. The van der Waals surface area contributed by atoms with Gasteiger partial charge in [-0.05, 0) is 17.7 Å². The molecule has 0 N–H and O–H groups in total. The Bertz CT molecular complexity index is 508. The van der Waals surface area contributed by atoms with E-state index >= 15 is 0 Å². The van der Waals surface area contributed by atoms with Crippen molar-refractivity contribution < 1.29 is 8.78 Å². The molecule has 2 rings (SSSR count). The summed E-state index contributed by atoms with van der Waals surface area (Å²) in [4.78, 5) is 5.58. The Balaban J connectivity index is 2.27. The van der Waals surface area contributed by atoms with Crippen molar-refractivity contribution in [3.63, 3.8) is 0 Å². The van der Waals surface area contributed by atoms with E-state index in [0.29, 0.717) is 12.1 Å². The van der Waals surface area contributed by atoms with Crippen LogP contribution in [0.15, 0.2) is 23.0 Å². The van der Waals surface area contributed by atoms with Gasteiger partial charge in [0.1, 0.15) is 17.3 Å². The molecule has 0 aliphatic carbocycles. The van der Waals surface area contributed by atoms with Gasteiger partial charge in [0.2, 0.25) is 0 Å². The van der Waals surface area contributed by atoms with E-state index in [1.165, 1.54) is 28.4 Å². The quantitative estimate of drug-likeness (QED) is 0.796. The largest absolute Gasteiger partial charge is 0.364 e. The normalized spacial score (nSPS) is 10.7. The second kappa shape index (κ2) is 5.63. The fourth-order valence-electron chi connectivity index (χ4n) is 1.70. The number of alkyl halides is 1. The maximum atomic E-state index is 13.8. The van der Waals surface area contributed by atoms with Crippen molar-refractivity contribution in [2.75, 3.05) is 11.9 Å². The van der Waals surface area contributed by atoms with Gasteiger partial charge < -0.3 is 4.90 Å². The van der Waals surface area contributed by atoms with Gasteiger partial charge in [-0.3, -0.25) is 0 Å². The summed E-state index contributed by atoms with van der Waals surface area (Å²) >= 11 is 7.01. The summed E-state index contributed by atoms with van der Waals surface area (Å²) in [6.07, 6.45) is 0. The molecule has 0 spiro atoms. The number of rotatable bonds is 4. The van der Waals surface area contributed by atoms with E-state index in [4.69, 9.17) is 11.6 Å². The van der Waals surface area contributed by atoms with Gasteiger partial charge in [-0.2, -0.15) is 0 Å². The van der Waals surface area contributed by atoms with Gasteiger partial charge in [0.05, 0.1) is 17.7 Å². The van der Waals surface area contributed by atoms with Crippen molar-refractivity contribution in [1.29, 1.82) is 0 Å². The summed E-state index contributed by atoms with van der Waals surface area (Å²) in [6.45, 7) is 0.359. The molecule has 0 saturated heterocycles. The molecule has 1 aromatic carbocycles. The summed E-state index contributed by atoms with van der Waals surface area (Å²) in [7, 11) is 1.63. The zero-order chi connectivity index (χ0) is 13.1. The first-order chi connectivity index (χ1) is 8.61. The third kappa shape index (κ3) is 2.79. The lowest BCUT2D eigenvalue weighted by Gasteiger charge is -2.20. The van der Waals surface area contributed by atoms with Crippen molar-refractivity contribution in [3.05, 3.63) is 45.9 Å². The van der Waals surface area contributed by atoms with Crippen molar-refractivity contribution in [3.8, 4) is 0 Å². The highest BCUT2D eigenvalue weighted by molar-refractivity contribution is 7.07. The van der Waals surface area contributed by atoms with Gasteiger partial charge in [-0.15, -0.1) is 22.9 Å². The van der Waals surface area contributed by atoms with E-state index in [-0.39, 0.29) is 11.6 Å². The first-order valence-electron chi connectivity index (χ1n) is 5.24. The zero-order valence-electron chi connectivity index (χ0n) is 9.66. The number of hydrogen-bond acceptors (Lipinski definition) is 3. The van der Waals surface area contributed by atoms with Gasteiger partial charge in [0.25, 0.3) is 0 Å². The number of thiazole rings is 1. The molecule has 0 bridgehead atoms. The molecule has 0 atom stereocenters. The fraction of sp³-hybridized carbons (Fsp3) is 0.250. The molecule has 18 heavy (non-hydrogen) atoms. The van der Waals surface area contributed by atoms with Crippen LogP contribution in [0.1, 0.15) is 11.3 Å². The summed E-state index contributed by atoms with van der Waals surface area (Å²) in [6, 6.07) is 2.51. The van der Waals surface area contributed by atoms with Crippen LogP contribution in [0.3, 0.4) is 0 Å². The summed E-state index contributed by atoms with van der Waals surface area (Å²) in [5.74, 6) is -1.13. The molecular formula is C12H11ClF2N2S. The Labute approximate surface area is 113 Å². The highest BCUT2D eigenvalue weighted by atomic mass is 35.5. The average molecular weight is 289 g/mol. The minimum atomic E-state index is -0.608. The van der Waals surface area contributed by atoms with E-state index in [1.807, 2.05) is 5.38 Å². The predicted octanol–water partition coefficient (Wildman–Crippen LogP) is 3.80. The van der Waals surface area contributed by atoms with E-state index in [2.05, 4.69) is 4.98 Å². The molecule has 6 heteroatoms. The minimum absolute atomic E-state index is 0.0585. The van der Waals surface area contributed by atoms with Crippen LogP contribution in [-0.4, -0.2) is 12.0 Å². The molecule has 0 radical (unpaired) electrons. The predicted molar refractivity (Wildman–Crippen MR) is 70.1 cm³/mol. The SMILES string of the molecule is CN(Cc1cscn1)c1c(F)cc(CCl)cc1F. The third-order valence-electron chi connectivity index (χ3n) is 2.50. The van der Waals surface area contributed by atoms with Crippen molar-refractivity contribution in [1.82, 2.24) is 4.98 Å². The summed E-state index contributed by atoms with van der Waals surface area (Å²) < 4.78 is 27.6. The molecule has 0 fully saturated rings. The van der Waals surface area contributed by atoms with Crippen LogP contribution in [0, 0.1) is 11.6 Å². The number of anilines is 1. The lowest BCUT2D eigenvalue weighted by molar-refractivity contribution is 0.574. The Morgan fingerprint density at radius 2 is 2.00 bits per heavy atom. The van der Waals surface area contributed by atoms with Crippen LogP contribution < -0.4 is 4.90 Å². The fourth-order valence-corrected chi connectivity index (χ4v) is 2.40. The van der Waals surface area contributed by atoms with Crippen LogP contribution in [0.4, 0.5) is 14.5 Å². The van der Waals surface area contributed by atoms with Crippen molar-refractivity contribution >= 4 is 28.6 Å². The molecule has 2 nitrogen and oxygen atoms in total. The van der Waals surface area contributed by atoms with Crippen LogP contribution >= 0.6 is 22.9 Å². The maximum absolute atomic E-state index is 13.8. The molecular weight excluding hydrogens is 278 g/mol. The van der Waals surface area contributed by atoms with Gasteiger partial charge in [-0.25, -0.2) is 13.8 Å². The second-order valence-electron chi connectivity index (χ2n) is 3.88. The lowest BCUT2D eigenvalue weighted by atomic mass is 10.2. The molecule has 0 amide bonds. The molecule has 2 aromatic rings. The minimum Gasteiger partial charge on any atom is -0.364 e. The van der Waals surface area contributed by atoms with Crippen LogP contribution in [0.25, 0.3) is 0 Å². The van der Waals surface area contributed by atoms with Gasteiger partial charge in [-0.1, -0.05) is 0 Å². The Kier molecular flexibility index (Phi) is 4.14. The van der Waals surface area contributed by atoms with Crippen LogP contribution in [-0.2, 0) is 12.4 Å². The molecule has 0 aliphatic heterocycles. The molecule has 1 heterocycles. The van der Waals surface area contributed by atoms with E-state index in [9.17, 15) is 8.78 Å². The van der Waals surface area contributed by atoms with Gasteiger partial charge in [0, 0.05) is 18.3 Å². The molecule has 1 aromatic heterocycles. The Morgan fingerprint density at radius 1 is 1.33 bits per heavy atom. The molecule has 0 aliphatic rings. The number of benzene rings is 1. The smallest absolute Gasteiger partial charge is 0.149 e. The maximum Gasteiger partial charge on any atom is 0.149 e. The average Bonchev–Trinajstić information content (AvgIpc) is 2.80. The highest BCUT2D eigenvalue weighted by Gasteiger charge is 2.15. The third-order valence-corrected chi connectivity index (χ3v) is 3.44. The van der Waals surface area contributed by atoms with E-state index in [1.54, 1.807) is 12.6 Å². The first kappa shape index (κ1) is 13.2. The number of hydrogen-bond donors (Lipinski definition) is 0. The second-order valence-corrected chi connectivity index (χ2v) is 4.86. The zero-order valence-corrected chi connectivity index (χ0v) is 11.2. The lowest BCUT2D eigenvalue weighted by Crippen LogP contribution is -2.19. The summed E-state index contributed by atoms with van der Waals surface area (Å²) in [5.41, 5.74) is 2.84. The summed E-state index contributed by atoms with van der Waals surface area (Å²) in [5, 5.41) is 1.85. The highest BCUT2D eigenvalue weighted by Crippen LogP contribution is 2.26. The number of nitrogens with zero attached hydrogens (tertiary/aromatic N) is 2. The van der Waals surface area contributed by atoms with E-state index in [0.717, 1.165) is 5.69 Å². The van der Waals surface area contributed by atoms with Gasteiger partial charge >= 0.3 is 0 Å². The first-order valence-corrected chi connectivity index (χ1v) is 6.71. The topological polar surface area (TPSA) is 16.1 Å². The van der Waals surface area contributed by atoms with Crippen molar-refractivity contribution in [2.24, 2.45) is 0 Å². The van der Waals surface area contributed by atoms with Crippen LogP contribution in [0.2, 0.25) is 0 Å². The molecule has 0 unspecified atom stereocenters.